The number of aliphatic hydroxyl groups excluding tert-OH is 1. The Bertz CT molecular complexity index is 332. The van der Waals surface area contributed by atoms with Gasteiger partial charge in [-0.3, -0.25) is 0 Å². The summed E-state index contributed by atoms with van der Waals surface area (Å²) in [6, 6.07) is 2.02. The van der Waals surface area contributed by atoms with Crippen LogP contribution in [0.4, 0.5) is 5.82 Å². The van der Waals surface area contributed by atoms with Gasteiger partial charge >= 0.3 is 0 Å². The molecule has 1 fully saturated rings. The number of nitrogens with zero attached hydrogens (tertiary/aromatic N) is 2. The maximum absolute atomic E-state index is 9.01. The maximum atomic E-state index is 9.01. The number of aromatic nitrogens is 1. The fourth-order valence-electron chi connectivity index (χ4n) is 2.15. The zero-order valence-electron chi connectivity index (χ0n) is 9.24. The van der Waals surface area contributed by atoms with E-state index in [0.717, 1.165) is 24.5 Å². The lowest BCUT2D eigenvalue weighted by atomic mass is 10.1. The van der Waals surface area contributed by atoms with Gasteiger partial charge in [-0.25, -0.2) is 4.98 Å². The summed E-state index contributed by atoms with van der Waals surface area (Å²) in [5.41, 5.74) is 2.07. The molecule has 1 aliphatic heterocycles. The molecule has 82 valence electrons. The number of rotatable bonds is 2. The van der Waals surface area contributed by atoms with E-state index in [0.29, 0.717) is 0 Å². The summed E-state index contributed by atoms with van der Waals surface area (Å²) in [6.07, 6.45) is 5.65. The predicted octanol–water partition coefficient (Wildman–Crippen LogP) is 1.87. The van der Waals surface area contributed by atoms with Gasteiger partial charge in [0.05, 0.1) is 6.61 Å². The molecule has 0 unspecified atom stereocenters. The average Bonchev–Trinajstić information content (AvgIpc) is 2.30. The summed E-state index contributed by atoms with van der Waals surface area (Å²) < 4.78 is 0. The Morgan fingerprint density at radius 1 is 1.33 bits per heavy atom. The summed E-state index contributed by atoms with van der Waals surface area (Å²) in [5, 5.41) is 9.01. The van der Waals surface area contributed by atoms with E-state index in [1.54, 1.807) is 6.20 Å². The minimum atomic E-state index is 0.0775. The van der Waals surface area contributed by atoms with Crippen LogP contribution in [0.25, 0.3) is 0 Å². The fourth-order valence-corrected chi connectivity index (χ4v) is 2.15. The van der Waals surface area contributed by atoms with Crippen LogP contribution in [0.15, 0.2) is 12.3 Å². The van der Waals surface area contributed by atoms with Crippen molar-refractivity contribution in [2.75, 3.05) is 18.0 Å². The molecule has 1 aliphatic rings. The van der Waals surface area contributed by atoms with Crippen molar-refractivity contribution in [3.8, 4) is 0 Å². The first kappa shape index (κ1) is 10.4. The van der Waals surface area contributed by atoms with E-state index in [1.165, 1.54) is 24.8 Å². The Morgan fingerprint density at radius 2 is 2.07 bits per heavy atom. The van der Waals surface area contributed by atoms with Crippen LogP contribution in [0, 0.1) is 6.92 Å². The van der Waals surface area contributed by atoms with Crippen LogP contribution in [-0.4, -0.2) is 23.2 Å². The van der Waals surface area contributed by atoms with Crippen molar-refractivity contribution in [3.63, 3.8) is 0 Å². The van der Waals surface area contributed by atoms with Crippen LogP contribution in [0.5, 0.6) is 0 Å². The Labute approximate surface area is 90.8 Å². The second-order valence-electron chi connectivity index (χ2n) is 4.19. The highest BCUT2D eigenvalue weighted by molar-refractivity contribution is 5.47. The van der Waals surface area contributed by atoms with E-state index >= 15 is 0 Å². The number of pyridine rings is 1. The molecule has 1 saturated heterocycles. The van der Waals surface area contributed by atoms with Gasteiger partial charge in [0.15, 0.2) is 0 Å². The maximum Gasteiger partial charge on any atom is 0.131 e. The third-order valence-corrected chi connectivity index (χ3v) is 2.95. The predicted molar refractivity (Wildman–Crippen MR) is 61.0 cm³/mol. The lowest BCUT2D eigenvalue weighted by Gasteiger charge is -2.29. The van der Waals surface area contributed by atoms with E-state index < -0.39 is 0 Å². The topological polar surface area (TPSA) is 36.4 Å². The molecule has 0 aromatic carbocycles. The van der Waals surface area contributed by atoms with E-state index in [-0.39, 0.29) is 6.61 Å². The lowest BCUT2D eigenvalue weighted by Crippen LogP contribution is -2.30. The summed E-state index contributed by atoms with van der Waals surface area (Å²) in [6.45, 7) is 4.38. The molecule has 0 aliphatic carbocycles. The van der Waals surface area contributed by atoms with Gasteiger partial charge in [-0.1, -0.05) is 0 Å². The smallest absolute Gasteiger partial charge is 0.131 e. The molecule has 3 heteroatoms. The second-order valence-corrected chi connectivity index (χ2v) is 4.19. The van der Waals surface area contributed by atoms with Gasteiger partial charge in [0.25, 0.3) is 0 Å². The van der Waals surface area contributed by atoms with Crippen molar-refractivity contribution in [2.24, 2.45) is 0 Å². The normalized spacial score (nSPS) is 16.8. The van der Waals surface area contributed by atoms with Crippen molar-refractivity contribution in [1.29, 1.82) is 0 Å². The SMILES string of the molecule is Cc1cc(CO)cnc1N1CCCCC1. The number of hydrogen-bond donors (Lipinski definition) is 1. The molecule has 0 bridgehead atoms. The molecule has 0 saturated carbocycles. The summed E-state index contributed by atoms with van der Waals surface area (Å²) in [5.74, 6) is 1.09. The zero-order chi connectivity index (χ0) is 10.7. The van der Waals surface area contributed by atoms with Crippen molar-refractivity contribution in [1.82, 2.24) is 4.98 Å². The Balaban J connectivity index is 2.19. The Hall–Kier alpha value is -1.09. The molecular formula is C12H18N2O. The summed E-state index contributed by atoms with van der Waals surface area (Å²) in [4.78, 5) is 6.79. The highest BCUT2D eigenvalue weighted by atomic mass is 16.3. The standard InChI is InChI=1S/C12H18N2O/c1-10-7-11(9-15)8-13-12(10)14-5-3-2-4-6-14/h7-8,15H,2-6,9H2,1H3. The molecule has 1 aromatic heterocycles. The molecule has 0 spiro atoms. The molecule has 2 rings (SSSR count). The number of piperidine rings is 1. The Morgan fingerprint density at radius 3 is 2.67 bits per heavy atom. The molecule has 0 atom stereocenters. The third kappa shape index (κ3) is 2.29. The molecule has 3 nitrogen and oxygen atoms in total. The second kappa shape index (κ2) is 4.62. The van der Waals surface area contributed by atoms with Crippen LogP contribution >= 0.6 is 0 Å². The van der Waals surface area contributed by atoms with Gasteiger partial charge in [0.1, 0.15) is 5.82 Å². The largest absolute Gasteiger partial charge is 0.392 e. The van der Waals surface area contributed by atoms with Crippen molar-refractivity contribution >= 4 is 5.82 Å². The van der Waals surface area contributed by atoms with Gasteiger partial charge in [-0.15, -0.1) is 0 Å². The van der Waals surface area contributed by atoms with Crippen LogP contribution in [-0.2, 0) is 6.61 Å². The molecule has 2 heterocycles. The van der Waals surface area contributed by atoms with E-state index in [9.17, 15) is 0 Å². The van der Waals surface area contributed by atoms with Crippen molar-refractivity contribution < 1.29 is 5.11 Å². The Kier molecular flexibility index (Phi) is 3.21. The monoisotopic (exact) mass is 206 g/mol. The first-order valence-electron chi connectivity index (χ1n) is 5.62. The van der Waals surface area contributed by atoms with Gasteiger partial charge in [-0.05, 0) is 43.4 Å². The van der Waals surface area contributed by atoms with E-state index in [2.05, 4.69) is 16.8 Å². The van der Waals surface area contributed by atoms with Crippen LogP contribution in [0.2, 0.25) is 0 Å². The van der Waals surface area contributed by atoms with Gasteiger partial charge < -0.3 is 10.0 Å². The van der Waals surface area contributed by atoms with Crippen LogP contribution < -0.4 is 4.90 Å². The number of anilines is 1. The minimum absolute atomic E-state index is 0.0775. The first-order chi connectivity index (χ1) is 7.31. The molecule has 15 heavy (non-hydrogen) atoms. The number of aliphatic hydroxyl groups is 1. The van der Waals surface area contributed by atoms with Gasteiger partial charge in [0.2, 0.25) is 0 Å². The highest BCUT2D eigenvalue weighted by Crippen LogP contribution is 2.21. The summed E-state index contributed by atoms with van der Waals surface area (Å²) >= 11 is 0. The highest BCUT2D eigenvalue weighted by Gasteiger charge is 2.13. The summed E-state index contributed by atoms with van der Waals surface area (Å²) in [7, 11) is 0. The third-order valence-electron chi connectivity index (χ3n) is 2.95. The van der Waals surface area contributed by atoms with Crippen molar-refractivity contribution in [2.45, 2.75) is 32.8 Å². The average molecular weight is 206 g/mol. The minimum Gasteiger partial charge on any atom is -0.392 e. The van der Waals surface area contributed by atoms with Crippen LogP contribution in [0.3, 0.4) is 0 Å². The zero-order valence-corrected chi connectivity index (χ0v) is 9.24. The first-order valence-corrected chi connectivity index (χ1v) is 5.62. The molecular weight excluding hydrogens is 188 g/mol. The van der Waals surface area contributed by atoms with E-state index in [4.69, 9.17) is 5.11 Å². The molecule has 1 N–H and O–H groups in total. The van der Waals surface area contributed by atoms with Gasteiger partial charge in [0, 0.05) is 19.3 Å². The van der Waals surface area contributed by atoms with Crippen LogP contribution in [0.1, 0.15) is 30.4 Å². The lowest BCUT2D eigenvalue weighted by molar-refractivity contribution is 0.281. The number of aryl methyl sites for hydroxylation is 1. The quantitative estimate of drug-likeness (QED) is 0.802. The molecule has 0 amide bonds. The molecule has 1 aromatic rings. The van der Waals surface area contributed by atoms with Crippen molar-refractivity contribution in [3.05, 3.63) is 23.4 Å². The van der Waals surface area contributed by atoms with Gasteiger partial charge in [-0.2, -0.15) is 0 Å². The fraction of sp³-hybridized carbons (Fsp3) is 0.583. The molecule has 0 radical (unpaired) electrons. The number of hydrogen-bond acceptors (Lipinski definition) is 3. The van der Waals surface area contributed by atoms with E-state index in [1.807, 2.05) is 6.07 Å².